The van der Waals surface area contributed by atoms with Gasteiger partial charge in [0.25, 0.3) is 0 Å². The van der Waals surface area contributed by atoms with Crippen LogP contribution in [0.4, 0.5) is 0 Å². The number of nitrogens with one attached hydrogen (secondary N) is 2. The Morgan fingerprint density at radius 2 is 1.93 bits per heavy atom. The average molecular weight is 367 g/mol. The topological polar surface area (TPSA) is 51.6 Å². The smallest absolute Gasteiger partial charge is 0.101 e. The summed E-state index contributed by atoms with van der Waals surface area (Å²) in [4.78, 5) is 3.54. The Hall–Kier alpha value is -2.83. The van der Waals surface area contributed by atoms with Gasteiger partial charge in [-0.2, -0.15) is 5.26 Å². The molecule has 1 aromatic heterocycles. The van der Waals surface area contributed by atoms with Crippen LogP contribution in [0.3, 0.4) is 0 Å². The van der Waals surface area contributed by atoms with Gasteiger partial charge in [0.1, 0.15) is 6.07 Å². The fraction of sp³-hybridized carbons (Fsp3) is 0.320. The van der Waals surface area contributed by atoms with Gasteiger partial charge in [0.05, 0.1) is 11.1 Å². The lowest BCUT2D eigenvalue weighted by atomic mass is 9.80. The number of nitrogens with zero attached hydrogens (tertiary/aromatic N) is 1. The first-order valence-corrected chi connectivity index (χ1v) is 10.3. The second-order valence-electron chi connectivity index (χ2n) is 8.17. The SMILES string of the molecule is N#Cc1cccc2c3c([nH]c12)CCC(CC1CC(c2ccccc2)=CCN1)C3. The molecule has 5 rings (SSSR count). The zero-order chi connectivity index (χ0) is 18.9. The Morgan fingerprint density at radius 1 is 1.04 bits per heavy atom. The van der Waals surface area contributed by atoms with Crippen LogP contribution < -0.4 is 5.32 Å². The van der Waals surface area contributed by atoms with E-state index in [4.69, 9.17) is 0 Å². The molecule has 2 aromatic carbocycles. The number of aromatic nitrogens is 1. The summed E-state index contributed by atoms with van der Waals surface area (Å²) in [6.07, 6.45) is 8.10. The molecule has 3 aromatic rings. The van der Waals surface area contributed by atoms with Crippen molar-refractivity contribution in [2.75, 3.05) is 6.54 Å². The van der Waals surface area contributed by atoms with Gasteiger partial charge in [0.2, 0.25) is 0 Å². The number of hydrogen-bond donors (Lipinski definition) is 2. The maximum absolute atomic E-state index is 9.40. The van der Waals surface area contributed by atoms with E-state index in [1.807, 2.05) is 12.1 Å². The number of para-hydroxylation sites is 1. The predicted octanol–water partition coefficient (Wildman–Crippen LogP) is 4.98. The van der Waals surface area contributed by atoms with Gasteiger partial charge in [-0.25, -0.2) is 0 Å². The predicted molar refractivity (Wildman–Crippen MR) is 114 cm³/mol. The number of aryl methyl sites for hydroxylation is 1. The molecule has 1 aliphatic heterocycles. The number of hydrogen-bond acceptors (Lipinski definition) is 2. The van der Waals surface area contributed by atoms with Crippen LogP contribution in [0, 0.1) is 17.2 Å². The first kappa shape index (κ1) is 17.3. The van der Waals surface area contributed by atoms with Crippen LogP contribution in [0.5, 0.6) is 0 Å². The third kappa shape index (κ3) is 3.15. The molecule has 0 spiro atoms. The van der Waals surface area contributed by atoms with Gasteiger partial charge in [-0.3, -0.25) is 0 Å². The minimum atomic E-state index is 0.548. The van der Waals surface area contributed by atoms with E-state index >= 15 is 0 Å². The first-order chi connectivity index (χ1) is 13.8. The lowest BCUT2D eigenvalue weighted by Crippen LogP contribution is -2.35. The van der Waals surface area contributed by atoms with E-state index in [2.05, 4.69) is 58.8 Å². The van der Waals surface area contributed by atoms with Crippen molar-refractivity contribution in [3.05, 3.63) is 77.0 Å². The third-order valence-corrected chi connectivity index (χ3v) is 6.43. The molecule has 2 unspecified atom stereocenters. The Bertz CT molecular complexity index is 1070. The number of rotatable bonds is 3. The van der Waals surface area contributed by atoms with Crippen molar-refractivity contribution < 1.29 is 0 Å². The third-order valence-electron chi connectivity index (χ3n) is 6.43. The Kier molecular flexibility index (Phi) is 4.50. The standard InChI is InChI=1S/C25H25N3/c26-16-20-7-4-8-22-23-14-17(9-10-24(23)28-25(20)22)13-21-15-19(11-12-27-21)18-5-2-1-3-6-18/h1-8,11,17,21,27-28H,9-10,12-15H2. The number of fused-ring (bicyclic) bond motifs is 3. The Balaban J connectivity index is 1.32. The highest BCUT2D eigenvalue weighted by atomic mass is 14.9. The lowest BCUT2D eigenvalue weighted by Gasteiger charge is -2.30. The molecule has 28 heavy (non-hydrogen) atoms. The monoisotopic (exact) mass is 367 g/mol. The summed E-state index contributed by atoms with van der Waals surface area (Å²) in [7, 11) is 0. The molecule has 2 heterocycles. The van der Waals surface area contributed by atoms with Crippen LogP contribution >= 0.6 is 0 Å². The van der Waals surface area contributed by atoms with E-state index in [1.165, 1.54) is 40.6 Å². The van der Waals surface area contributed by atoms with Gasteiger partial charge in [-0.1, -0.05) is 48.5 Å². The van der Waals surface area contributed by atoms with Crippen LogP contribution in [-0.2, 0) is 12.8 Å². The second kappa shape index (κ2) is 7.30. The van der Waals surface area contributed by atoms with Crippen LogP contribution in [0.2, 0.25) is 0 Å². The van der Waals surface area contributed by atoms with E-state index in [1.54, 1.807) is 0 Å². The molecule has 0 bridgehead atoms. The molecule has 0 amide bonds. The van der Waals surface area contributed by atoms with Crippen molar-refractivity contribution in [1.29, 1.82) is 5.26 Å². The molecule has 140 valence electrons. The van der Waals surface area contributed by atoms with Crippen LogP contribution in [0.25, 0.3) is 16.5 Å². The van der Waals surface area contributed by atoms with Crippen molar-refractivity contribution >= 4 is 16.5 Å². The van der Waals surface area contributed by atoms with Crippen molar-refractivity contribution in [2.45, 2.75) is 38.1 Å². The highest BCUT2D eigenvalue weighted by Gasteiger charge is 2.26. The van der Waals surface area contributed by atoms with Gasteiger partial charge in [-0.15, -0.1) is 0 Å². The van der Waals surface area contributed by atoms with E-state index in [-0.39, 0.29) is 0 Å². The molecule has 1 aliphatic carbocycles. The first-order valence-electron chi connectivity index (χ1n) is 10.3. The Morgan fingerprint density at radius 3 is 2.79 bits per heavy atom. The maximum Gasteiger partial charge on any atom is 0.101 e. The molecule has 2 N–H and O–H groups in total. The largest absolute Gasteiger partial charge is 0.357 e. The number of benzene rings is 2. The molecule has 3 nitrogen and oxygen atoms in total. The van der Waals surface area contributed by atoms with Crippen molar-refractivity contribution in [2.24, 2.45) is 5.92 Å². The maximum atomic E-state index is 9.40. The summed E-state index contributed by atoms with van der Waals surface area (Å²) in [6.45, 7) is 0.964. The zero-order valence-corrected chi connectivity index (χ0v) is 16.0. The molecule has 0 radical (unpaired) electrons. The minimum absolute atomic E-state index is 0.548. The van der Waals surface area contributed by atoms with Gasteiger partial charge >= 0.3 is 0 Å². The second-order valence-corrected chi connectivity index (χ2v) is 8.17. The van der Waals surface area contributed by atoms with Crippen LogP contribution in [0.1, 0.15) is 41.6 Å². The van der Waals surface area contributed by atoms with E-state index in [9.17, 15) is 5.26 Å². The van der Waals surface area contributed by atoms with Crippen molar-refractivity contribution in [1.82, 2.24) is 10.3 Å². The molecule has 0 saturated heterocycles. The number of H-pyrrole nitrogens is 1. The fourth-order valence-corrected chi connectivity index (χ4v) is 5.03. The molecule has 3 heteroatoms. The van der Waals surface area contributed by atoms with Crippen LogP contribution in [0.15, 0.2) is 54.6 Å². The molecule has 2 atom stereocenters. The molecular formula is C25H25N3. The summed E-state index contributed by atoms with van der Waals surface area (Å²) < 4.78 is 0. The Labute approximate surface area is 166 Å². The number of aromatic amines is 1. The normalized spacial score (nSPS) is 21.8. The van der Waals surface area contributed by atoms with Gasteiger partial charge in [-0.05, 0) is 60.8 Å². The highest BCUT2D eigenvalue weighted by Crippen LogP contribution is 2.36. The summed E-state index contributed by atoms with van der Waals surface area (Å²) in [5, 5.41) is 14.4. The molecular weight excluding hydrogens is 342 g/mol. The minimum Gasteiger partial charge on any atom is -0.357 e. The number of nitriles is 1. The zero-order valence-electron chi connectivity index (χ0n) is 16.0. The van der Waals surface area contributed by atoms with E-state index in [0.717, 1.165) is 36.9 Å². The highest BCUT2D eigenvalue weighted by molar-refractivity contribution is 5.89. The quantitative estimate of drug-likeness (QED) is 0.686. The molecule has 0 fully saturated rings. The summed E-state index contributed by atoms with van der Waals surface area (Å²) in [5.41, 5.74) is 7.41. The van der Waals surface area contributed by atoms with Crippen molar-refractivity contribution in [3.63, 3.8) is 0 Å². The molecule has 0 saturated carbocycles. The summed E-state index contributed by atoms with van der Waals surface area (Å²) in [5.74, 6) is 0.699. The van der Waals surface area contributed by atoms with E-state index in [0.29, 0.717) is 12.0 Å². The van der Waals surface area contributed by atoms with Gasteiger partial charge in [0.15, 0.2) is 0 Å². The fourth-order valence-electron chi connectivity index (χ4n) is 5.03. The van der Waals surface area contributed by atoms with Crippen molar-refractivity contribution in [3.8, 4) is 6.07 Å². The molecule has 2 aliphatic rings. The summed E-state index contributed by atoms with van der Waals surface area (Å²) >= 11 is 0. The van der Waals surface area contributed by atoms with Crippen LogP contribution in [-0.4, -0.2) is 17.6 Å². The summed E-state index contributed by atoms with van der Waals surface area (Å²) in [6, 6.07) is 19.7. The average Bonchev–Trinajstić information content (AvgIpc) is 3.13. The van der Waals surface area contributed by atoms with Gasteiger partial charge in [0, 0.05) is 23.7 Å². The van der Waals surface area contributed by atoms with Gasteiger partial charge < -0.3 is 10.3 Å². The van der Waals surface area contributed by atoms with E-state index < -0.39 is 0 Å². The lowest BCUT2D eigenvalue weighted by molar-refractivity contribution is 0.356.